The molecule has 5 aromatic rings. The fourth-order valence-corrected chi connectivity index (χ4v) is 4.49. The van der Waals surface area contributed by atoms with Gasteiger partial charge in [0.1, 0.15) is 5.82 Å². The smallest absolute Gasteiger partial charge is 0.267 e. The Hall–Kier alpha value is -3.45. The van der Waals surface area contributed by atoms with E-state index in [2.05, 4.69) is 10.2 Å². The van der Waals surface area contributed by atoms with Crippen molar-refractivity contribution in [2.24, 2.45) is 0 Å². The third-order valence-corrected chi connectivity index (χ3v) is 6.04. The average molecular weight is 416 g/mol. The molecule has 5 nitrogen and oxygen atoms in total. The topological polar surface area (TPSA) is 52.2 Å². The van der Waals surface area contributed by atoms with Crippen LogP contribution in [-0.2, 0) is 5.75 Å². The van der Waals surface area contributed by atoms with Crippen LogP contribution in [0.1, 0.15) is 11.1 Å². The summed E-state index contributed by atoms with van der Waals surface area (Å²) in [6, 6.07) is 21.8. The summed E-state index contributed by atoms with van der Waals surface area (Å²) in [4.78, 5) is 13.4. The molecule has 0 bridgehead atoms. The molecule has 0 aliphatic carbocycles. The maximum atomic E-state index is 14.1. The van der Waals surface area contributed by atoms with Crippen molar-refractivity contribution in [2.45, 2.75) is 17.8 Å². The number of hydrogen-bond donors (Lipinski definition) is 0. The van der Waals surface area contributed by atoms with Gasteiger partial charge in [-0.2, -0.15) is 0 Å². The third-order valence-electron chi connectivity index (χ3n) is 5.07. The predicted octanol–water partition coefficient (Wildman–Crippen LogP) is 4.77. The molecule has 2 heterocycles. The van der Waals surface area contributed by atoms with Gasteiger partial charge in [-0.15, -0.1) is 10.2 Å². The number of fused-ring (bicyclic) bond motifs is 3. The molecule has 0 atom stereocenters. The van der Waals surface area contributed by atoms with Crippen LogP contribution >= 0.6 is 11.8 Å². The lowest BCUT2D eigenvalue weighted by Gasteiger charge is -2.13. The van der Waals surface area contributed by atoms with E-state index in [0.29, 0.717) is 27.6 Å². The molecule has 2 aromatic heterocycles. The number of nitrogens with zero attached hydrogens (tertiary/aromatic N) is 4. The first-order valence-electron chi connectivity index (χ1n) is 9.46. The molecule has 0 spiro atoms. The maximum Gasteiger partial charge on any atom is 0.267 e. The molecule has 0 amide bonds. The van der Waals surface area contributed by atoms with Gasteiger partial charge in [0.05, 0.1) is 16.6 Å². The number of aryl methyl sites for hydroxylation is 1. The van der Waals surface area contributed by atoms with Crippen molar-refractivity contribution < 1.29 is 4.39 Å². The van der Waals surface area contributed by atoms with Gasteiger partial charge in [-0.05, 0) is 42.3 Å². The van der Waals surface area contributed by atoms with E-state index in [9.17, 15) is 9.18 Å². The van der Waals surface area contributed by atoms with Gasteiger partial charge in [-0.1, -0.05) is 60.3 Å². The van der Waals surface area contributed by atoms with Crippen LogP contribution in [0.15, 0.2) is 82.7 Å². The zero-order valence-electron chi connectivity index (χ0n) is 16.1. The normalized spacial score (nSPS) is 11.4. The van der Waals surface area contributed by atoms with Crippen LogP contribution in [-0.4, -0.2) is 19.2 Å². The highest BCUT2D eigenvalue weighted by Crippen LogP contribution is 2.27. The second-order valence-electron chi connectivity index (χ2n) is 6.94. The van der Waals surface area contributed by atoms with Crippen molar-refractivity contribution in [2.75, 3.05) is 0 Å². The summed E-state index contributed by atoms with van der Waals surface area (Å²) in [5.41, 5.74) is 2.89. The molecule has 0 N–H and O–H groups in total. The molecule has 0 saturated carbocycles. The molecular weight excluding hydrogens is 399 g/mol. The van der Waals surface area contributed by atoms with Gasteiger partial charge in [0.15, 0.2) is 5.16 Å². The standard InChI is InChI=1S/C23H17FN4OS/c1-15-8-2-6-12-19(15)27-21(29)17-10-4-7-13-20(17)28-22(27)25-26-23(28)30-14-16-9-3-5-11-18(16)24/h2-13H,14H2,1H3. The molecular formula is C23H17FN4OS. The van der Waals surface area contributed by atoms with Crippen LogP contribution in [0.4, 0.5) is 4.39 Å². The summed E-state index contributed by atoms with van der Waals surface area (Å²) in [6.45, 7) is 1.96. The Morgan fingerprint density at radius 3 is 2.50 bits per heavy atom. The number of rotatable bonds is 4. The lowest BCUT2D eigenvalue weighted by Crippen LogP contribution is -2.22. The van der Waals surface area contributed by atoms with E-state index < -0.39 is 0 Å². The second kappa shape index (κ2) is 7.42. The molecule has 0 aliphatic heterocycles. The van der Waals surface area contributed by atoms with Crippen LogP contribution in [0.2, 0.25) is 0 Å². The van der Waals surface area contributed by atoms with Crippen molar-refractivity contribution >= 4 is 28.4 Å². The van der Waals surface area contributed by atoms with E-state index in [0.717, 1.165) is 16.8 Å². The average Bonchev–Trinajstić information content (AvgIpc) is 3.18. The maximum absolute atomic E-state index is 14.1. The summed E-state index contributed by atoms with van der Waals surface area (Å²) < 4.78 is 17.5. The van der Waals surface area contributed by atoms with E-state index in [1.165, 1.54) is 17.8 Å². The van der Waals surface area contributed by atoms with Gasteiger partial charge < -0.3 is 0 Å². The molecule has 0 radical (unpaired) electrons. The molecule has 0 unspecified atom stereocenters. The van der Waals surface area contributed by atoms with Crippen molar-refractivity contribution in [1.29, 1.82) is 0 Å². The number of thioether (sulfide) groups is 1. The number of hydrogen-bond acceptors (Lipinski definition) is 4. The van der Waals surface area contributed by atoms with Crippen LogP contribution in [0, 0.1) is 12.7 Å². The van der Waals surface area contributed by atoms with Gasteiger partial charge in [0.2, 0.25) is 5.78 Å². The summed E-state index contributed by atoms with van der Waals surface area (Å²) >= 11 is 1.39. The molecule has 0 saturated heterocycles. The summed E-state index contributed by atoms with van der Waals surface area (Å²) in [5, 5.41) is 9.86. The van der Waals surface area contributed by atoms with Crippen LogP contribution in [0.5, 0.6) is 0 Å². The highest BCUT2D eigenvalue weighted by atomic mass is 32.2. The Bertz CT molecular complexity index is 1460. The number of halogens is 1. The quantitative estimate of drug-likeness (QED) is 0.396. The number of aromatic nitrogens is 4. The van der Waals surface area contributed by atoms with Gasteiger partial charge >= 0.3 is 0 Å². The van der Waals surface area contributed by atoms with Crippen molar-refractivity contribution in [3.63, 3.8) is 0 Å². The fraction of sp³-hybridized carbons (Fsp3) is 0.0870. The highest BCUT2D eigenvalue weighted by molar-refractivity contribution is 7.98. The lowest BCUT2D eigenvalue weighted by molar-refractivity contribution is 0.617. The largest absolute Gasteiger partial charge is 0.268 e. The van der Waals surface area contributed by atoms with Crippen molar-refractivity contribution in [1.82, 2.24) is 19.2 Å². The molecule has 0 fully saturated rings. The summed E-state index contributed by atoms with van der Waals surface area (Å²) in [6.07, 6.45) is 0. The summed E-state index contributed by atoms with van der Waals surface area (Å²) in [5.74, 6) is 0.593. The summed E-state index contributed by atoms with van der Waals surface area (Å²) in [7, 11) is 0. The van der Waals surface area contributed by atoms with Crippen LogP contribution in [0.25, 0.3) is 22.4 Å². The van der Waals surface area contributed by atoms with E-state index in [-0.39, 0.29) is 11.4 Å². The molecule has 0 aliphatic rings. The third kappa shape index (κ3) is 2.98. The zero-order valence-corrected chi connectivity index (χ0v) is 16.9. The van der Waals surface area contributed by atoms with Crippen LogP contribution < -0.4 is 5.56 Å². The van der Waals surface area contributed by atoms with E-state index in [1.54, 1.807) is 22.8 Å². The Kier molecular flexibility index (Phi) is 4.59. The van der Waals surface area contributed by atoms with Gasteiger partial charge in [0.25, 0.3) is 5.56 Å². The first-order valence-corrected chi connectivity index (χ1v) is 10.4. The van der Waals surface area contributed by atoms with Crippen LogP contribution in [0.3, 0.4) is 0 Å². The molecule has 3 aromatic carbocycles. The zero-order chi connectivity index (χ0) is 20.7. The SMILES string of the molecule is Cc1ccccc1-n1c(=O)c2ccccc2n2c(SCc3ccccc3F)nnc12. The Labute approximate surface area is 175 Å². The highest BCUT2D eigenvalue weighted by Gasteiger charge is 2.19. The Morgan fingerprint density at radius 2 is 1.67 bits per heavy atom. The molecule has 148 valence electrons. The van der Waals surface area contributed by atoms with Gasteiger partial charge in [0, 0.05) is 5.75 Å². The first kappa shape index (κ1) is 18.6. The molecule has 7 heteroatoms. The second-order valence-corrected chi connectivity index (χ2v) is 7.88. The fourth-order valence-electron chi connectivity index (χ4n) is 3.56. The minimum absolute atomic E-state index is 0.148. The Balaban J connectivity index is 1.75. The lowest BCUT2D eigenvalue weighted by atomic mass is 10.2. The van der Waals surface area contributed by atoms with E-state index in [1.807, 2.05) is 59.9 Å². The van der Waals surface area contributed by atoms with Gasteiger partial charge in [-0.3, -0.25) is 9.20 Å². The molecule has 5 rings (SSSR count). The number of para-hydroxylation sites is 2. The van der Waals surface area contributed by atoms with Crippen molar-refractivity contribution in [3.8, 4) is 5.69 Å². The van der Waals surface area contributed by atoms with E-state index >= 15 is 0 Å². The first-order chi connectivity index (χ1) is 14.6. The minimum Gasteiger partial charge on any atom is -0.268 e. The number of benzene rings is 3. The van der Waals surface area contributed by atoms with Gasteiger partial charge in [-0.25, -0.2) is 8.96 Å². The monoisotopic (exact) mass is 416 g/mol. The van der Waals surface area contributed by atoms with E-state index in [4.69, 9.17) is 0 Å². The minimum atomic E-state index is -0.250. The molecule has 30 heavy (non-hydrogen) atoms. The van der Waals surface area contributed by atoms with Crippen molar-refractivity contribution in [3.05, 3.63) is 100 Å². The predicted molar refractivity (Wildman–Crippen MR) is 117 cm³/mol. The Morgan fingerprint density at radius 1 is 0.933 bits per heavy atom.